The van der Waals surface area contributed by atoms with E-state index >= 15 is 0 Å². The Bertz CT molecular complexity index is 673. The highest BCUT2D eigenvalue weighted by molar-refractivity contribution is 6.42. The number of aromatic nitrogens is 2. The van der Waals surface area contributed by atoms with Crippen LogP contribution in [0, 0.1) is 0 Å². The molecule has 0 radical (unpaired) electrons. The van der Waals surface area contributed by atoms with Crippen molar-refractivity contribution >= 4 is 23.6 Å². The maximum Gasteiger partial charge on any atom is 0.408 e. The van der Waals surface area contributed by atoms with Crippen LogP contribution in [0.4, 0.5) is 10.6 Å². The van der Waals surface area contributed by atoms with Crippen LogP contribution in [-0.4, -0.2) is 39.2 Å². The number of carbonyl (C=O) groups is 3. The second kappa shape index (κ2) is 9.01. The highest BCUT2D eigenvalue weighted by atomic mass is 16.6. The number of ether oxygens (including phenoxy) is 1. The Morgan fingerprint density at radius 2 is 2.04 bits per heavy atom. The van der Waals surface area contributed by atoms with Crippen LogP contribution in [0.15, 0.2) is 12.3 Å². The molecule has 0 aromatic carbocycles. The van der Waals surface area contributed by atoms with Gasteiger partial charge < -0.3 is 15.4 Å². The van der Waals surface area contributed by atoms with Gasteiger partial charge in [-0.3, -0.25) is 14.3 Å². The summed E-state index contributed by atoms with van der Waals surface area (Å²) in [7, 11) is 0. The second-order valence-electron chi connectivity index (χ2n) is 7.93. The Kier molecular flexibility index (Phi) is 6.98. The Labute approximate surface area is 160 Å². The SMILES string of the molecule is CCCC[C@H](NC(=O)OC(C)(C)C)C(=O)C(=O)Nc1ccn(C2CCC2)n1. The average molecular weight is 378 g/mol. The Hall–Kier alpha value is -2.38. The van der Waals surface area contributed by atoms with Crippen molar-refractivity contribution < 1.29 is 19.1 Å². The van der Waals surface area contributed by atoms with E-state index < -0.39 is 29.4 Å². The third-order valence-corrected chi connectivity index (χ3v) is 4.38. The molecule has 0 unspecified atom stereocenters. The molecule has 0 aliphatic heterocycles. The molecule has 0 bridgehead atoms. The van der Waals surface area contributed by atoms with Crippen molar-refractivity contribution in [2.75, 3.05) is 5.32 Å². The minimum absolute atomic E-state index is 0.340. The minimum Gasteiger partial charge on any atom is -0.444 e. The fraction of sp³-hybridized carbons (Fsp3) is 0.684. The van der Waals surface area contributed by atoms with E-state index in [1.54, 1.807) is 33.0 Å². The summed E-state index contributed by atoms with van der Waals surface area (Å²) in [6.07, 6.45) is 6.35. The number of carbonyl (C=O) groups excluding carboxylic acids is 3. The predicted octanol–water partition coefficient (Wildman–Crippen LogP) is 3.20. The molecule has 1 saturated carbocycles. The standard InChI is InChI=1S/C19H30N4O4/c1-5-6-10-14(20-18(26)27-19(2,3)4)16(24)17(25)21-15-11-12-23(22-15)13-8-7-9-13/h11-14H,5-10H2,1-4H3,(H,20,26)(H,21,22,25)/t14-/m0/s1. The molecule has 1 aromatic rings. The van der Waals surface area contributed by atoms with Crippen LogP contribution in [-0.2, 0) is 14.3 Å². The first kappa shape index (κ1) is 20.9. The average Bonchev–Trinajstić information content (AvgIpc) is 2.94. The summed E-state index contributed by atoms with van der Waals surface area (Å²) in [6.45, 7) is 7.18. The lowest BCUT2D eigenvalue weighted by molar-refractivity contribution is -0.136. The summed E-state index contributed by atoms with van der Waals surface area (Å²) in [5.74, 6) is -1.15. The van der Waals surface area contributed by atoms with E-state index in [1.807, 2.05) is 11.6 Å². The minimum atomic E-state index is -0.923. The molecule has 2 rings (SSSR count). The van der Waals surface area contributed by atoms with Crippen LogP contribution in [0.3, 0.4) is 0 Å². The van der Waals surface area contributed by atoms with Crippen molar-refractivity contribution in [3.05, 3.63) is 12.3 Å². The lowest BCUT2D eigenvalue weighted by Gasteiger charge is -2.25. The zero-order valence-corrected chi connectivity index (χ0v) is 16.6. The molecule has 2 amide bonds. The normalized spacial score (nSPS) is 15.6. The second-order valence-corrected chi connectivity index (χ2v) is 7.93. The van der Waals surface area contributed by atoms with Gasteiger partial charge >= 0.3 is 6.09 Å². The van der Waals surface area contributed by atoms with Crippen LogP contribution in [0.1, 0.15) is 72.3 Å². The molecule has 0 saturated heterocycles. The fourth-order valence-corrected chi connectivity index (χ4v) is 2.72. The van der Waals surface area contributed by atoms with Gasteiger partial charge in [0, 0.05) is 12.3 Å². The predicted molar refractivity (Wildman–Crippen MR) is 101 cm³/mol. The van der Waals surface area contributed by atoms with Crippen molar-refractivity contribution in [3.8, 4) is 0 Å². The molecule has 8 heteroatoms. The summed E-state index contributed by atoms with van der Waals surface area (Å²) >= 11 is 0. The van der Waals surface area contributed by atoms with Crippen LogP contribution < -0.4 is 10.6 Å². The van der Waals surface area contributed by atoms with Gasteiger partial charge in [0.15, 0.2) is 5.82 Å². The van der Waals surface area contributed by atoms with Gasteiger partial charge in [0.2, 0.25) is 5.78 Å². The first-order chi connectivity index (χ1) is 12.7. The quantitative estimate of drug-likeness (QED) is 0.676. The Balaban J connectivity index is 1.96. The first-order valence-electron chi connectivity index (χ1n) is 9.59. The molecule has 1 aromatic heterocycles. The van der Waals surface area contributed by atoms with E-state index in [1.165, 1.54) is 6.42 Å². The number of nitrogens with zero attached hydrogens (tertiary/aromatic N) is 2. The number of anilines is 1. The molecule has 1 aliphatic carbocycles. The zero-order valence-electron chi connectivity index (χ0n) is 16.6. The number of nitrogens with one attached hydrogen (secondary N) is 2. The number of unbranched alkanes of at least 4 members (excludes halogenated alkanes) is 1. The van der Waals surface area contributed by atoms with Gasteiger partial charge in [0.05, 0.1) is 6.04 Å². The summed E-state index contributed by atoms with van der Waals surface area (Å²) in [4.78, 5) is 36.9. The molecular formula is C19H30N4O4. The molecule has 0 spiro atoms. The number of hydrogen-bond donors (Lipinski definition) is 2. The molecule has 1 fully saturated rings. The zero-order chi connectivity index (χ0) is 20.0. The molecule has 1 heterocycles. The number of Topliss-reactive ketones (excluding diaryl/α,β-unsaturated/α-hetero) is 1. The van der Waals surface area contributed by atoms with Crippen molar-refractivity contribution in [1.82, 2.24) is 15.1 Å². The Morgan fingerprint density at radius 3 is 2.59 bits per heavy atom. The summed E-state index contributed by atoms with van der Waals surface area (Å²) in [5, 5.41) is 9.36. The summed E-state index contributed by atoms with van der Waals surface area (Å²) in [5.41, 5.74) is -0.681. The lowest BCUT2D eigenvalue weighted by atomic mass is 9.93. The van der Waals surface area contributed by atoms with E-state index in [0.29, 0.717) is 24.7 Å². The third-order valence-electron chi connectivity index (χ3n) is 4.38. The highest BCUT2D eigenvalue weighted by Gasteiger charge is 2.29. The van der Waals surface area contributed by atoms with Crippen LogP contribution in [0.5, 0.6) is 0 Å². The first-order valence-corrected chi connectivity index (χ1v) is 9.59. The molecule has 27 heavy (non-hydrogen) atoms. The van der Waals surface area contributed by atoms with Crippen LogP contribution in [0.25, 0.3) is 0 Å². The van der Waals surface area contributed by atoms with Gasteiger partial charge in [-0.15, -0.1) is 0 Å². The van der Waals surface area contributed by atoms with Crippen molar-refractivity contribution in [3.63, 3.8) is 0 Å². The molecule has 2 N–H and O–H groups in total. The third kappa shape index (κ3) is 6.37. The fourth-order valence-electron chi connectivity index (χ4n) is 2.72. The molecule has 1 aliphatic rings. The van der Waals surface area contributed by atoms with Gasteiger partial charge in [-0.2, -0.15) is 5.10 Å². The number of rotatable bonds is 8. The van der Waals surface area contributed by atoms with E-state index in [2.05, 4.69) is 15.7 Å². The largest absolute Gasteiger partial charge is 0.444 e. The number of ketones is 1. The lowest BCUT2D eigenvalue weighted by Crippen LogP contribution is -2.47. The smallest absolute Gasteiger partial charge is 0.408 e. The molecule has 8 nitrogen and oxygen atoms in total. The van der Waals surface area contributed by atoms with Gasteiger partial charge in [0.1, 0.15) is 11.6 Å². The maximum atomic E-state index is 12.5. The summed E-state index contributed by atoms with van der Waals surface area (Å²) in [6, 6.07) is 1.12. The van der Waals surface area contributed by atoms with E-state index in [9.17, 15) is 14.4 Å². The monoisotopic (exact) mass is 378 g/mol. The van der Waals surface area contributed by atoms with Gasteiger partial charge in [-0.1, -0.05) is 19.8 Å². The van der Waals surface area contributed by atoms with E-state index in [-0.39, 0.29) is 0 Å². The number of hydrogen-bond acceptors (Lipinski definition) is 5. The molecular weight excluding hydrogens is 348 g/mol. The maximum absolute atomic E-state index is 12.5. The van der Waals surface area contributed by atoms with Gasteiger partial charge in [-0.25, -0.2) is 4.79 Å². The molecule has 1 atom stereocenters. The van der Waals surface area contributed by atoms with Crippen molar-refractivity contribution in [2.24, 2.45) is 0 Å². The topological polar surface area (TPSA) is 102 Å². The van der Waals surface area contributed by atoms with Crippen LogP contribution >= 0.6 is 0 Å². The van der Waals surface area contributed by atoms with Crippen molar-refractivity contribution in [2.45, 2.75) is 83.9 Å². The number of alkyl carbamates (subject to hydrolysis) is 1. The highest BCUT2D eigenvalue weighted by Crippen LogP contribution is 2.31. The van der Waals surface area contributed by atoms with Crippen molar-refractivity contribution in [1.29, 1.82) is 0 Å². The number of amides is 2. The van der Waals surface area contributed by atoms with Gasteiger partial charge in [-0.05, 0) is 46.5 Å². The van der Waals surface area contributed by atoms with Gasteiger partial charge in [0.25, 0.3) is 5.91 Å². The van der Waals surface area contributed by atoms with E-state index in [0.717, 1.165) is 19.3 Å². The van der Waals surface area contributed by atoms with E-state index in [4.69, 9.17) is 4.74 Å². The molecule has 150 valence electrons. The Morgan fingerprint density at radius 1 is 1.33 bits per heavy atom. The summed E-state index contributed by atoms with van der Waals surface area (Å²) < 4.78 is 7.01. The van der Waals surface area contributed by atoms with Crippen LogP contribution in [0.2, 0.25) is 0 Å².